The van der Waals surface area contributed by atoms with Gasteiger partial charge in [-0.25, -0.2) is 4.98 Å². The molecule has 0 saturated heterocycles. The predicted octanol–water partition coefficient (Wildman–Crippen LogP) is 0.0583. The fourth-order valence-corrected chi connectivity index (χ4v) is 1.31. The first-order valence-corrected chi connectivity index (χ1v) is 5.38. The Kier molecular flexibility index (Phi) is 2.67. The van der Waals surface area contributed by atoms with E-state index in [0.717, 1.165) is 12.8 Å². The minimum Gasteiger partial charge on any atom is -0.382 e. The van der Waals surface area contributed by atoms with Gasteiger partial charge in [-0.15, -0.1) is 0 Å². The van der Waals surface area contributed by atoms with Crippen LogP contribution in [0.3, 0.4) is 0 Å². The van der Waals surface area contributed by atoms with Crippen molar-refractivity contribution >= 4 is 5.91 Å². The average Bonchev–Trinajstić information content (AvgIpc) is 2.92. The lowest BCUT2D eigenvalue weighted by Gasteiger charge is -2.10. The molecule has 6 nitrogen and oxygen atoms in total. The number of aromatic nitrogens is 3. The molecule has 6 heteroatoms. The largest absolute Gasteiger partial charge is 0.382 e. The molecular formula is C10H16N4O2. The van der Waals surface area contributed by atoms with Crippen LogP contribution in [-0.4, -0.2) is 26.2 Å². The fourth-order valence-electron chi connectivity index (χ4n) is 1.31. The summed E-state index contributed by atoms with van der Waals surface area (Å²) >= 11 is 0. The Balaban J connectivity index is 1.90. The maximum atomic E-state index is 11.4. The molecule has 0 aromatic carbocycles. The smallest absolute Gasteiger partial charge is 0.223 e. The van der Waals surface area contributed by atoms with Crippen molar-refractivity contribution < 1.29 is 9.90 Å². The summed E-state index contributed by atoms with van der Waals surface area (Å²) in [5.74, 6) is 1.16. The SMILES string of the molecule is CC(C)(O)c1n[nH]c(CNC(=O)C2CC2)n1. The highest BCUT2D eigenvalue weighted by Gasteiger charge is 2.29. The summed E-state index contributed by atoms with van der Waals surface area (Å²) in [6.45, 7) is 3.56. The van der Waals surface area contributed by atoms with Crippen molar-refractivity contribution in [1.82, 2.24) is 20.5 Å². The number of hydrogen-bond donors (Lipinski definition) is 3. The van der Waals surface area contributed by atoms with Gasteiger partial charge in [0.2, 0.25) is 5.91 Å². The Hall–Kier alpha value is -1.43. The molecule has 1 saturated carbocycles. The number of carbonyl (C=O) groups excluding carboxylic acids is 1. The van der Waals surface area contributed by atoms with Crippen LogP contribution in [0.2, 0.25) is 0 Å². The third kappa shape index (κ3) is 2.57. The van der Waals surface area contributed by atoms with Gasteiger partial charge in [-0.2, -0.15) is 5.10 Å². The van der Waals surface area contributed by atoms with Crippen molar-refractivity contribution in [1.29, 1.82) is 0 Å². The second-order valence-electron chi connectivity index (χ2n) is 4.66. The van der Waals surface area contributed by atoms with E-state index in [4.69, 9.17) is 0 Å². The summed E-state index contributed by atoms with van der Waals surface area (Å²) in [4.78, 5) is 15.5. The second kappa shape index (κ2) is 3.86. The first kappa shape index (κ1) is 11.1. The fraction of sp³-hybridized carbons (Fsp3) is 0.700. The molecule has 0 aliphatic heterocycles. The molecule has 1 fully saturated rings. The zero-order valence-electron chi connectivity index (χ0n) is 9.45. The highest BCUT2D eigenvalue weighted by molar-refractivity contribution is 5.80. The van der Waals surface area contributed by atoms with E-state index in [1.807, 2.05) is 0 Å². The maximum Gasteiger partial charge on any atom is 0.223 e. The number of carbonyl (C=O) groups is 1. The molecular weight excluding hydrogens is 208 g/mol. The molecule has 0 atom stereocenters. The van der Waals surface area contributed by atoms with Crippen molar-refractivity contribution in [2.24, 2.45) is 5.92 Å². The van der Waals surface area contributed by atoms with Crippen LogP contribution in [0.4, 0.5) is 0 Å². The van der Waals surface area contributed by atoms with E-state index < -0.39 is 5.60 Å². The lowest BCUT2D eigenvalue weighted by Crippen LogP contribution is -2.25. The lowest BCUT2D eigenvalue weighted by atomic mass is 10.1. The summed E-state index contributed by atoms with van der Waals surface area (Å²) in [6, 6.07) is 0. The van der Waals surface area contributed by atoms with Crippen LogP contribution in [-0.2, 0) is 16.9 Å². The molecule has 3 N–H and O–H groups in total. The Labute approximate surface area is 93.5 Å². The molecule has 1 aromatic rings. The number of aromatic amines is 1. The Bertz CT molecular complexity index is 390. The molecule has 0 spiro atoms. The van der Waals surface area contributed by atoms with Gasteiger partial charge < -0.3 is 10.4 Å². The molecule has 1 heterocycles. The number of nitrogens with one attached hydrogen (secondary N) is 2. The molecule has 0 unspecified atom stereocenters. The molecule has 1 amide bonds. The van der Waals surface area contributed by atoms with Crippen molar-refractivity contribution in [3.8, 4) is 0 Å². The first-order valence-electron chi connectivity index (χ1n) is 5.38. The van der Waals surface area contributed by atoms with E-state index in [1.165, 1.54) is 0 Å². The summed E-state index contributed by atoms with van der Waals surface area (Å²) in [6.07, 6.45) is 1.97. The molecule has 16 heavy (non-hydrogen) atoms. The molecule has 0 radical (unpaired) electrons. The van der Waals surface area contributed by atoms with Crippen LogP contribution in [0, 0.1) is 5.92 Å². The topological polar surface area (TPSA) is 90.9 Å². The van der Waals surface area contributed by atoms with Crippen molar-refractivity contribution in [2.75, 3.05) is 0 Å². The lowest BCUT2D eigenvalue weighted by molar-refractivity contribution is -0.122. The highest BCUT2D eigenvalue weighted by atomic mass is 16.3. The second-order valence-corrected chi connectivity index (χ2v) is 4.66. The van der Waals surface area contributed by atoms with Crippen LogP contribution >= 0.6 is 0 Å². The van der Waals surface area contributed by atoms with Gasteiger partial charge in [0, 0.05) is 5.92 Å². The van der Waals surface area contributed by atoms with E-state index in [-0.39, 0.29) is 11.8 Å². The van der Waals surface area contributed by atoms with Gasteiger partial charge in [-0.3, -0.25) is 9.89 Å². The van der Waals surface area contributed by atoms with Gasteiger partial charge in [0.1, 0.15) is 11.4 Å². The van der Waals surface area contributed by atoms with Crippen molar-refractivity contribution in [3.05, 3.63) is 11.6 Å². The summed E-state index contributed by atoms with van der Waals surface area (Å²) in [5, 5.41) is 19.0. The molecule has 2 rings (SSSR count). The maximum absolute atomic E-state index is 11.4. The monoisotopic (exact) mass is 224 g/mol. The van der Waals surface area contributed by atoms with Crippen LogP contribution in [0.15, 0.2) is 0 Å². The number of amides is 1. The minimum absolute atomic E-state index is 0.0706. The van der Waals surface area contributed by atoms with E-state index in [9.17, 15) is 9.90 Å². The summed E-state index contributed by atoms with van der Waals surface area (Å²) < 4.78 is 0. The third-order valence-electron chi connectivity index (χ3n) is 2.46. The Morgan fingerprint density at radius 2 is 2.31 bits per heavy atom. The standard InChI is InChI=1S/C10H16N4O2/c1-10(2,16)9-12-7(13-14-9)5-11-8(15)6-3-4-6/h6,16H,3-5H2,1-2H3,(H,11,15)(H,12,13,14). The number of hydrogen-bond acceptors (Lipinski definition) is 4. The van der Waals surface area contributed by atoms with Crippen LogP contribution < -0.4 is 5.32 Å². The minimum atomic E-state index is -1.06. The number of nitrogens with zero attached hydrogens (tertiary/aromatic N) is 2. The quantitative estimate of drug-likeness (QED) is 0.674. The van der Waals surface area contributed by atoms with Crippen LogP contribution in [0.5, 0.6) is 0 Å². The van der Waals surface area contributed by atoms with Crippen LogP contribution in [0.1, 0.15) is 38.3 Å². The summed E-state index contributed by atoms with van der Waals surface area (Å²) in [7, 11) is 0. The van der Waals surface area contributed by atoms with E-state index in [2.05, 4.69) is 20.5 Å². The van der Waals surface area contributed by atoms with Gasteiger partial charge in [0.25, 0.3) is 0 Å². The normalized spacial score (nSPS) is 16.2. The zero-order valence-corrected chi connectivity index (χ0v) is 9.45. The predicted molar refractivity (Wildman–Crippen MR) is 56.2 cm³/mol. The Morgan fingerprint density at radius 1 is 1.62 bits per heavy atom. The van der Waals surface area contributed by atoms with Gasteiger partial charge in [-0.05, 0) is 26.7 Å². The highest BCUT2D eigenvalue weighted by Crippen LogP contribution is 2.28. The molecule has 88 valence electrons. The molecule has 0 bridgehead atoms. The zero-order chi connectivity index (χ0) is 11.8. The molecule has 1 aliphatic carbocycles. The van der Waals surface area contributed by atoms with Gasteiger partial charge >= 0.3 is 0 Å². The molecule has 1 aliphatic rings. The average molecular weight is 224 g/mol. The summed E-state index contributed by atoms with van der Waals surface area (Å²) in [5.41, 5.74) is -1.06. The van der Waals surface area contributed by atoms with Crippen molar-refractivity contribution in [2.45, 2.75) is 38.8 Å². The molecule has 1 aromatic heterocycles. The van der Waals surface area contributed by atoms with Gasteiger partial charge in [-0.1, -0.05) is 0 Å². The van der Waals surface area contributed by atoms with E-state index >= 15 is 0 Å². The van der Waals surface area contributed by atoms with E-state index in [1.54, 1.807) is 13.8 Å². The number of H-pyrrole nitrogens is 1. The van der Waals surface area contributed by atoms with Gasteiger partial charge in [0.05, 0.1) is 6.54 Å². The van der Waals surface area contributed by atoms with Gasteiger partial charge in [0.15, 0.2) is 5.82 Å². The number of rotatable bonds is 4. The van der Waals surface area contributed by atoms with Crippen LogP contribution in [0.25, 0.3) is 0 Å². The van der Waals surface area contributed by atoms with Crippen molar-refractivity contribution in [3.63, 3.8) is 0 Å². The number of aliphatic hydroxyl groups is 1. The third-order valence-corrected chi connectivity index (χ3v) is 2.46. The van der Waals surface area contributed by atoms with E-state index in [0.29, 0.717) is 18.2 Å². The Morgan fingerprint density at radius 3 is 2.81 bits per heavy atom. The first-order chi connectivity index (χ1) is 7.47.